The number of hydrogen-bond donors (Lipinski definition) is 1. The maximum absolute atomic E-state index is 17.0. The van der Waals surface area contributed by atoms with Crippen molar-refractivity contribution in [2.75, 3.05) is 38.3 Å². The zero-order chi connectivity index (χ0) is 38.2. The van der Waals surface area contributed by atoms with Crippen molar-refractivity contribution in [2.45, 2.75) is 56.3 Å². The van der Waals surface area contributed by atoms with Gasteiger partial charge in [-0.3, -0.25) is 9.88 Å². The van der Waals surface area contributed by atoms with E-state index >= 15 is 8.78 Å². The summed E-state index contributed by atoms with van der Waals surface area (Å²) in [6, 6.07) is 9.77. The van der Waals surface area contributed by atoms with Crippen molar-refractivity contribution in [1.29, 1.82) is 0 Å². The van der Waals surface area contributed by atoms with E-state index in [4.69, 9.17) is 14.6 Å². The van der Waals surface area contributed by atoms with Crippen LogP contribution in [0.4, 0.5) is 32.2 Å². The monoisotopic (exact) mass is 762 g/mol. The molecular formula is C40H36F6N6O3. The molecule has 0 spiro atoms. The van der Waals surface area contributed by atoms with E-state index in [0.29, 0.717) is 24.3 Å². The Morgan fingerprint density at radius 1 is 0.945 bits per heavy atom. The number of halogens is 6. The van der Waals surface area contributed by atoms with Gasteiger partial charge in [0.2, 0.25) is 0 Å². The number of benzene rings is 3. The highest BCUT2D eigenvalue weighted by Gasteiger charge is 2.50. The molecule has 9 rings (SSSR count). The van der Waals surface area contributed by atoms with Gasteiger partial charge in [0.1, 0.15) is 36.5 Å². The summed E-state index contributed by atoms with van der Waals surface area (Å²) in [6.07, 6.45) is 1.89. The molecule has 1 N–H and O–H groups in total. The molecular weight excluding hydrogens is 726 g/mol. The van der Waals surface area contributed by atoms with Crippen LogP contribution >= 0.6 is 0 Å². The molecule has 0 amide bonds. The number of ether oxygens (including phenoxy) is 1. The smallest absolute Gasteiger partial charge is 0.416 e. The van der Waals surface area contributed by atoms with E-state index in [1.54, 1.807) is 12.1 Å². The fourth-order valence-corrected chi connectivity index (χ4v) is 9.46. The molecule has 1 saturated carbocycles. The Hall–Kier alpha value is -5.18. The van der Waals surface area contributed by atoms with Crippen LogP contribution < -0.4 is 9.64 Å². The fourth-order valence-electron chi connectivity index (χ4n) is 9.46. The summed E-state index contributed by atoms with van der Waals surface area (Å²) in [6.45, 7) is 1.95. The average molecular weight is 763 g/mol. The van der Waals surface area contributed by atoms with Gasteiger partial charge in [0, 0.05) is 48.1 Å². The van der Waals surface area contributed by atoms with Gasteiger partial charge in [-0.1, -0.05) is 23.4 Å². The SMILES string of the molecule is CON=C1C2CCC1CN(c1nc(OCC34CCCN3C(c3ccc(C(F)(F)F)cc3)CC4)nc3c(F)c(-c4cc(O)cc5ccc(F)c(F)c45)ncc13)C2. The molecule has 4 unspecified atom stereocenters. The zero-order valence-corrected chi connectivity index (χ0v) is 29.7. The molecule has 4 aliphatic rings. The molecule has 3 aliphatic heterocycles. The number of phenols is 1. The van der Waals surface area contributed by atoms with Crippen LogP contribution in [0.2, 0.25) is 0 Å². The van der Waals surface area contributed by atoms with Gasteiger partial charge in [-0.2, -0.15) is 23.1 Å². The first-order valence-corrected chi connectivity index (χ1v) is 18.3. The van der Waals surface area contributed by atoms with E-state index in [1.165, 1.54) is 25.4 Å². The summed E-state index contributed by atoms with van der Waals surface area (Å²) in [5.74, 6) is -2.96. The molecule has 5 heterocycles. The van der Waals surface area contributed by atoms with Crippen molar-refractivity contribution < 1.29 is 41.0 Å². The highest BCUT2D eigenvalue weighted by molar-refractivity contribution is 6.00. The van der Waals surface area contributed by atoms with Crippen LogP contribution in [-0.2, 0) is 11.0 Å². The Morgan fingerprint density at radius 2 is 1.71 bits per heavy atom. The number of anilines is 1. The third-order valence-corrected chi connectivity index (χ3v) is 12.0. The molecule has 15 heteroatoms. The van der Waals surface area contributed by atoms with Gasteiger partial charge in [-0.25, -0.2) is 13.2 Å². The number of fused-ring (bicyclic) bond motifs is 5. The topological polar surface area (TPSA) is 96.2 Å². The van der Waals surface area contributed by atoms with E-state index in [-0.39, 0.29) is 63.8 Å². The van der Waals surface area contributed by atoms with E-state index in [9.17, 15) is 22.7 Å². The van der Waals surface area contributed by atoms with Crippen LogP contribution in [0.1, 0.15) is 55.7 Å². The molecule has 55 heavy (non-hydrogen) atoms. The number of aromatic nitrogens is 3. The van der Waals surface area contributed by atoms with Crippen molar-refractivity contribution in [3.8, 4) is 23.0 Å². The summed E-state index contributed by atoms with van der Waals surface area (Å²) >= 11 is 0. The molecule has 4 atom stereocenters. The molecule has 5 aromatic rings. The molecule has 1 aliphatic carbocycles. The molecule has 2 aromatic heterocycles. The number of pyridine rings is 1. The van der Waals surface area contributed by atoms with Crippen LogP contribution in [0.15, 0.2) is 59.9 Å². The molecule has 286 valence electrons. The van der Waals surface area contributed by atoms with Crippen molar-refractivity contribution in [2.24, 2.45) is 17.0 Å². The van der Waals surface area contributed by atoms with Gasteiger partial charge >= 0.3 is 12.2 Å². The summed E-state index contributed by atoms with van der Waals surface area (Å²) in [5.41, 5.74) is 0.0228. The van der Waals surface area contributed by atoms with Crippen LogP contribution in [0.5, 0.6) is 11.8 Å². The lowest BCUT2D eigenvalue weighted by Crippen LogP contribution is -2.44. The van der Waals surface area contributed by atoms with E-state index < -0.39 is 34.7 Å². The van der Waals surface area contributed by atoms with E-state index in [2.05, 4.69) is 20.0 Å². The first-order valence-electron chi connectivity index (χ1n) is 18.3. The molecule has 4 fully saturated rings. The highest BCUT2D eigenvalue weighted by atomic mass is 19.4. The van der Waals surface area contributed by atoms with Gasteiger partial charge in [-0.05, 0) is 86.4 Å². The Kier molecular flexibility index (Phi) is 8.55. The minimum absolute atomic E-state index is 0.0838. The predicted octanol–water partition coefficient (Wildman–Crippen LogP) is 8.58. The molecule has 9 nitrogen and oxygen atoms in total. The average Bonchev–Trinajstić information content (AvgIpc) is 3.80. The minimum atomic E-state index is -4.42. The number of phenolic OH excluding ortho intramolecular Hbond substituents is 1. The summed E-state index contributed by atoms with van der Waals surface area (Å²) in [4.78, 5) is 23.3. The summed E-state index contributed by atoms with van der Waals surface area (Å²) in [7, 11) is 1.52. The van der Waals surface area contributed by atoms with Gasteiger partial charge in [0.25, 0.3) is 0 Å². The maximum atomic E-state index is 17.0. The second-order valence-corrected chi connectivity index (χ2v) is 15.0. The second kappa shape index (κ2) is 13.2. The Morgan fingerprint density at radius 3 is 2.44 bits per heavy atom. The summed E-state index contributed by atoms with van der Waals surface area (Å²) < 4.78 is 93.0. The number of nitrogens with zero attached hydrogens (tertiary/aromatic N) is 6. The van der Waals surface area contributed by atoms with Crippen molar-refractivity contribution in [1.82, 2.24) is 19.9 Å². The second-order valence-electron chi connectivity index (χ2n) is 15.0. The van der Waals surface area contributed by atoms with Crippen LogP contribution in [0.3, 0.4) is 0 Å². The third-order valence-electron chi connectivity index (χ3n) is 12.0. The van der Waals surface area contributed by atoms with Crippen molar-refractivity contribution in [3.05, 3.63) is 83.3 Å². The highest BCUT2D eigenvalue weighted by Crippen LogP contribution is 2.49. The lowest BCUT2D eigenvalue weighted by molar-refractivity contribution is -0.137. The zero-order valence-electron chi connectivity index (χ0n) is 29.7. The minimum Gasteiger partial charge on any atom is -0.508 e. The Labute approximate surface area is 311 Å². The van der Waals surface area contributed by atoms with Crippen molar-refractivity contribution in [3.63, 3.8) is 0 Å². The summed E-state index contributed by atoms with van der Waals surface area (Å²) in [5, 5.41) is 15.0. The largest absolute Gasteiger partial charge is 0.508 e. The first-order chi connectivity index (χ1) is 26.4. The molecule has 0 radical (unpaired) electrons. The number of aromatic hydroxyl groups is 1. The van der Waals surface area contributed by atoms with E-state index in [1.807, 2.05) is 4.90 Å². The van der Waals surface area contributed by atoms with Gasteiger partial charge in [0.15, 0.2) is 17.5 Å². The van der Waals surface area contributed by atoms with Crippen LogP contribution in [0.25, 0.3) is 32.9 Å². The number of alkyl halides is 3. The predicted molar refractivity (Wildman–Crippen MR) is 192 cm³/mol. The third kappa shape index (κ3) is 5.98. The van der Waals surface area contributed by atoms with Gasteiger partial charge in [0.05, 0.1) is 22.2 Å². The number of piperidine rings is 1. The normalized spacial score (nSPS) is 23.9. The lowest BCUT2D eigenvalue weighted by Gasteiger charge is -2.35. The molecule has 2 bridgehead atoms. The fraction of sp³-hybridized carbons (Fsp3) is 0.400. The maximum Gasteiger partial charge on any atom is 0.416 e. The molecule has 3 saturated heterocycles. The van der Waals surface area contributed by atoms with Crippen molar-refractivity contribution >= 4 is 33.2 Å². The first kappa shape index (κ1) is 35.5. The Balaban J connectivity index is 1.10. The van der Waals surface area contributed by atoms with E-state index in [0.717, 1.165) is 80.6 Å². The number of rotatable bonds is 7. The molecule has 3 aromatic carbocycles. The Bertz CT molecular complexity index is 2340. The quantitative estimate of drug-likeness (QED) is 0.130. The van der Waals surface area contributed by atoms with Gasteiger partial charge in [-0.15, -0.1) is 0 Å². The van der Waals surface area contributed by atoms with Crippen LogP contribution in [0, 0.1) is 29.3 Å². The van der Waals surface area contributed by atoms with Crippen LogP contribution in [-0.4, -0.2) is 69.6 Å². The standard InChI is InChI=1S/C40H36F6N6O3/c1-54-50-34-23-3-4-24(34)19-51(18-23)37-28-17-47-35(27-16-26(53)15-22-7-10-29(41)32(42)31(22)27)33(43)36(28)48-38(49-37)55-20-39-12-2-14-52(39)30(11-13-39)21-5-8-25(9-6-21)40(44,45)46/h5-10,15-17,23-24,30,53H,2-4,11-14,18-20H2,1H3. The van der Waals surface area contributed by atoms with Gasteiger partial charge < -0.3 is 19.6 Å². The number of oxime groups is 1. The lowest BCUT2D eigenvalue weighted by atomic mass is 9.95. The number of hydrogen-bond acceptors (Lipinski definition) is 9.